The minimum absolute atomic E-state index is 0.0208. The lowest BCUT2D eigenvalue weighted by molar-refractivity contribution is -0.147. The molecule has 1 N–H and O–H groups in total. The van der Waals surface area contributed by atoms with E-state index in [1.807, 2.05) is 6.92 Å². The summed E-state index contributed by atoms with van der Waals surface area (Å²) in [5.41, 5.74) is 0. The molecule has 0 aromatic heterocycles. The van der Waals surface area contributed by atoms with Crippen molar-refractivity contribution in [3.8, 4) is 0 Å². The second-order valence-corrected chi connectivity index (χ2v) is 3.93. The summed E-state index contributed by atoms with van der Waals surface area (Å²) < 4.78 is 4.42. The van der Waals surface area contributed by atoms with Crippen LogP contribution in [-0.4, -0.2) is 29.9 Å². The van der Waals surface area contributed by atoms with E-state index < -0.39 is 17.9 Å². The molecule has 0 aliphatic rings. The summed E-state index contributed by atoms with van der Waals surface area (Å²) in [7, 11) is 1.24. The number of carboxylic acids is 1. The predicted octanol–water partition coefficient (Wildman–Crippen LogP) is 1.79. The van der Waals surface area contributed by atoms with Crippen LogP contribution in [-0.2, 0) is 19.1 Å². The Hall–Kier alpha value is -1.39. The Kier molecular flexibility index (Phi) is 8.01. The van der Waals surface area contributed by atoms with Crippen LogP contribution in [0.25, 0.3) is 0 Å². The van der Waals surface area contributed by atoms with Gasteiger partial charge in [-0.25, -0.2) is 0 Å². The third-order valence-electron chi connectivity index (χ3n) is 2.58. The molecule has 98 valence electrons. The van der Waals surface area contributed by atoms with Gasteiger partial charge >= 0.3 is 11.9 Å². The van der Waals surface area contributed by atoms with Crippen molar-refractivity contribution in [3.05, 3.63) is 0 Å². The van der Waals surface area contributed by atoms with Crippen LogP contribution < -0.4 is 0 Å². The summed E-state index contributed by atoms with van der Waals surface area (Å²) in [5, 5.41) is 8.91. The monoisotopic (exact) mass is 244 g/mol. The van der Waals surface area contributed by atoms with Crippen LogP contribution >= 0.6 is 0 Å². The first-order chi connectivity index (χ1) is 8.02. The maximum Gasteiger partial charge on any atom is 0.314 e. The van der Waals surface area contributed by atoms with E-state index in [-0.39, 0.29) is 25.0 Å². The van der Waals surface area contributed by atoms with E-state index in [1.165, 1.54) is 7.11 Å². The molecular formula is C12H20O5. The Morgan fingerprint density at radius 1 is 1.18 bits per heavy atom. The van der Waals surface area contributed by atoms with Gasteiger partial charge in [0, 0.05) is 12.8 Å². The quantitative estimate of drug-likeness (QED) is 0.380. The average molecular weight is 244 g/mol. The standard InChI is InChI=1S/C12H20O5/c1-3-4-5-6-10(13)9(12(15)16)7-8-11(14)17-2/h9H,3-8H2,1-2H3,(H,15,16). The molecule has 0 radical (unpaired) electrons. The van der Waals surface area contributed by atoms with E-state index in [9.17, 15) is 14.4 Å². The summed E-state index contributed by atoms with van der Waals surface area (Å²) in [5.74, 6) is -3.02. The highest BCUT2D eigenvalue weighted by Crippen LogP contribution is 2.13. The lowest BCUT2D eigenvalue weighted by atomic mass is 9.94. The number of esters is 1. The molecule has 17 heavy (non-hydrogen) atoms. The zero-order chi connectivity index (χ0) is 13.3. The van der Waals surface area contributed by atoms with Crippen molar-refractivity contribution in [2.45, 2.75) is 45.4 Å². The second kappa shape index (κ2) is 8.73. The van der Waals surface area contributed by atoms with E-state index in [0.717, 1.165) is 12.8 Å². The number of carbonyl (C=O) groups excluding carboxylic acids is 2. The molecule has 0 saturated carbocycles. The summed E-state index contributed by atoms with van der Waals surface area (Å²) in [6.45, 7) is 2.01. The highest BCUT2D eigenvalue weighted by molar-refractivity contribution is 5.98. The molecule has 0 amide bonds. The topological polar surface area (TPSA) is 80.7 Å². The average Bonchev–Trinajstić information content (AvgIpc) is 2.28. The van der Waals surface area contributed by atoms with Gasteiger partial charge in [-0.1, -0.05) is 19.8 Å². The smallest absolute Gasteiger partial charge is 0.314 e. The zero-order valence-electron chi connectivity index (χ0n) is 10.4. The number of aliphatic carboxylic acids is 1. The van der Waals surface area contributed by atoms with Crippen LogP contribution in [0.5, 0.6) is 0 Å². The molecule has 5 heteroatoms. The number of carbonyl (C=O) groups is 3. The molecule has 0 spiro atoms. The summed E-state index contributed by atoms with van der Waals surface area (Å²) in [4.78, 5) is 33.4. The Labute approximate surface area is 101 Å². The molecule has 0 aliphatic heterocycles. The Morgan fingerprint density at radius 2 is 1.82 bits per heavy atom. The largest absolute Gasteiger partial charge is 0.481 e. The molecule has 0 aliphatic carbocycles. The number of rotatable bonds is 9. The van der Waals surface area contributed by atoms with Crippen molar-refractivity contribution in [1.29, 1.82) is 0 Å². The summed E-state index contributed by atoms with van der Waals surface area (Å²) >= 11 is 0. The van der Waals surface area contributed by atoms with Crippen molar-refractivity contribution in [1.82, 2.24) is 0 Å². The van der Waals surface area contributed by atoms with Gasteiger partial charge in [-0.3, -0.25) is 14.4 Å². The van der Waals surface area contributed by atoms with Gasteiger partial charge in [-0.2, -0.15) is 0 Å². The Morgan fingerprint density at radius 3 is 2.29 bits per heavy atom. The third kappa shape index (κ3) is 6.71. The number of ether oxygens (including phenoxy) is 1. The van der Waals surface area contributed by atoms with Crippen LogP contribution in [0.2, 0.25) is 0 Å². The van der Waals surface area contributed by atoms with E-state index >= 15 is 0 Å². The number of hydrogen-bond donors (Lipinski definition) is 1. The van der Waals surface area contributed by atoms with E-state index in [4.69, 9.17) is 5.11 Å². The second-order valence-electron chi connectivity index (χ2n) is 3.93. The van der Waals surface area contributed by atoms with Gasteiger partial charge in [0.1, 0.15) is 11.7 Å². The number of ketones is 1. The van der Waals surface area contributed by atoms with Crippen molar-refractivity contribution < 1.29 is 24.2 Å². The van der Waals surface area contributed by atoms with Crippen LogP contribution in [0, 0.1) is 5.92 Å². The summed E-state index contributed by atoms with van der Waals surface area (Å²) in [6, 6.07) is 0. The van der Waals surface area contributed by atoms with E-state index in [0.29, 0.717) is 6.42 Å². The van der Waals surface area contributed by atoms with Gasteiger partial charge in [0.25, 0.3) is 0 Å². The van der Waals surface area contributed by atoms with Crippen molar-refractivity contribution in [2.24, 2.45) is 5.92 Å². The van der Waals surface area contributed by atoms with Gasteiger partial charge in [-0.15, -0.1) is 0 Å². The van der Waals surface area contributed by atoms with Crippen LogP contribution in [0.1, 0.15) is 45.4 Å². The number of unbranched alkanes of at least 4 members (excludes halogenated alkanes) is 2. The van der Waals surface area contributed by atoms with Crippen molar-refractivity contribution >= 4 is 17.7 Å². The van der Waals surface area contributed by atoms with Gasteiger partial charge in [-0.05, 0) is 12.8 Å². The molecule has 0 heterocycles. The normalized spacial score (nSPS) is 11.9. The fourth-order valence-corrected chi connectivity index (χ4v) is 1.51. The highest BCUT2D eigenvalue weighted by atomic mass is 16.5. The highest BCUT2D eigenvalue weighted by Gasteiger charge is 2.26. The van der Waals surface area contributed by atoms with Crippen LogP contribution in [0.3, 0.4) is 0 Å². The van der Waals surface area contributed by atoms with E-state index in [2.05, 4.69) is 4.74 Å². The van der Waals surface area contributed by atoms with E-state index in [1.54, 1.807) is 0 Å². The fraction of sp³-hybridized carbons (Fsp3) is 0.750. The Balaban J connectivity index is 4.17. The Bertz CT molecular complexity index is 272. The molecule has 1 atom stereocenters. The number of methoxy groups -OCH3 is 1. The number of carboxylic acid groups (broad SMARTS) is 1. The lowest BCUT2D eigenvalue weighted by Crippen LogP contribution is -2.24. The van der Waals surface area contributed by atoms with Crippen LogP contribution in [0.4, 0.5) is 0 Å². The number of hydrogen-bond acceptors (Lipinski definition) is 4. The molecule has 0 aromatic rings. The van der Waals surface area contributed by atoms with Gasteiger partial charge in [0.15, 0.2) is 0 Å². The molecule has 5 nitrogen and oxygen atoms in total. The molecular weight excluding hydrogens is 224 g/mol. The van der Waals surface area contributed by atoms with Crippen LogP contribution in [0.15, 0.2) is 0 Å². The number of Topliss-reactive ketones (excluding diaryl/α,β-unsaturated/α-hetero) is 1. The molecule has 0 aromatic carbocycles. The molecule has 0 saturated heterocycles. The zero-order valence-corrected chi connectivity index (χ0v) is 10.4. The van der Waals surface area contributed by atoms with Gasteiger partial charge in [0.2, 0.25) is 0 Å². The summed E-state index contributed by atoms with van der Waals surface area (Å²) in [6.07, 6.45) is 2.85. The third-order valence-corrected chi connectivity index (χ3v) is 2.58. The fourth-order valence-electron chi connectivity index (χ4n) is 1.51. The van der Waals surface area contributed by atoms with Gasteiger partial charge in [0.05, 0.1) is 7.11 Å². The van der Waals surface area contributed by atoms with Gasteiger partial charge < -0.3 is 9.84 Å². The molecule has 0 fully saturated rings. The first-order valence-electron chi connectivity index (χ1n) is 5.85. The lowest BCUT2D eigenvalue weighted by Gasteiger charge is -2.10. The van der Waals surface area contributed by atoms with Crippen molar-refractivity contribution in [3.63, 3.8) is 0 Å². The van der Waals surface area contributed by atoms with Crippen molar-refractivity contribution in [2.75, 3.05) is 7.11 Å². The molecule has 0 bridgehead atoms. The first-order valence-corrected chi connectivity index (χ1v) is 5.85. The first kappa shape index (κ1) is 15.6. The minimum Gasteiger partial charge on any atom is -0.481 e. The minimum atomic E-state index is -1.16. The SMILES string of the molecule is CCCCCC(=O)C(CCC(=O)OC)C(=O)O. The maximum absolute atomic E-state index is 11.6. The molecule has 1 unspecified atom stereocenters. The predicted molar refractivity (Wildman–Crippen MR) is 61.5 cm³/mol. The maximum atomic E-state index is 11.6. The molecule has 0 rings (SSSR count).